The molecule has 2 N–H and O–H groups in total. The maximum absolute atomic E-state index is 15.9. The Morgan fingerprint density at radius 3 is 2.43 bits per heavy atom. The van der Waals surface area contributed by atoms with Crippen molar-refractivity contribution in [1.29, 1.82) is 0 Å². The van der Waals surface area contributed by atoms with E-state index in [-0.39, 0.29) is 15.9 Å². The summed E-state index contributed by atoms with van der Waals surface area (Å²) in [5.74, 6) is -1.90. The molecule has 0 unspecified atom stereocenters. The fourth-order valence-electron chi connectivity index (χ4n) is 5.25. The summed E-state index contributed by atoms with van der Waals surface area (Å²) < 4.78 is 57.3. The van der Waals surface area contributed by atoms with Gasteiger partial charge >= 0.3 is 6.09 Å². The van der Waals surface area contributed by atoms with Crippen LogP contribution in [-0.4, -0.2) is 65.6 Å². The highest BCUT2D eigenvalue weighted by Crippen LogP contribution is 2.36. The Labute approximate surface area is 242 Å². The fourth-order valence-corrected chi connectivity index (χ4v) is 6.59. The molecule has 0 bridgehead atoms. The number of halogens is 2. The molecule has 2 aromatic carbocycles. The standard InChI is InChI=1S/C29H30F2N6O4S/c1-17-12-22(16-32-14-17)42(40,41)37(29(38)39)25-11-9-23(30)26(27(25)31)18-4-10-24-19(13-18)15-33-28(35-24)34-20-5-7-21(8-6-20)36(2)3/h4,9-16,20-21H,5-8H2,1-3H3,(H,38,39)(H,33,34,35)/t20-,21-. The lowest BCUT2D eigenvalue weighted by Crippen LogP contribution is -2.36. The monoisotopic (exact) mass is 596 g/mol. The average Bonchev–Trinajstić information content (AvgIpc) is 2.94. The molecule has 10 nitrogen and oxygen atoms in total. The first kappa shape index (κ1) is 29.3. The molecule has 1 fully saturated rings. The number of amides is 1. The molecule has 0 spiro atoms. The highest BCUT2D eigenvalue weighted by molar-refractivity contribution is 7.93. The maximum Gasteiger partial charge on any atom is 0.426 e. The molecule has 1 amide bonds. The summed E-state index contributed by atoms with van der Waals surface area (Å²) in [5, 5.41) is 13.7. The lowest BCUT2D eigenvalue weighted by Gasteiger charge is -2.32. The zero-order valence-electron chi connectivity index (χ0n) is 23.3. The number of carbonyl (C=O) groups is 1. The number of sulfonamides is 1. The minimum absolute atomic E-state index is 0.0608. The number of aromatic nitrogens is 3. The highest BCUT2D eigenvalue weighted by Gasteiger charge is 2.35. The zero-order chi connectivity index (χ0) is 30.2. The molecule has 5 rings (SSSR count). The van der Waals surface area contributed by atoms with Gasteiger partial charge in [-0.25, -0.2) is 32.0 Å². The van der Waals surface area contributed by atoms with Crippen molar-refractivity contribution in [3.05, 3.63) is 72.2 Å². The predicted octanol–water partition coefficient (Wildman–Crippen LogP) is 5.44. The number of fused-ring (bicyclic) bond motifs is 1. The molecule has 0 radical (unpaired) electrons. The lowest BCUT2D eigenvalue weighted by molar-refractivity contribution is 0.206. The van der Waals surface area contributed by atoms with Crippen LogP contribution in [0.1, 0.15) is 31.2 Å². The Morgan fingerprint density at radius 2 is 1.76 bits per heavy atom. The van der Waals surface area contributed by atoms with Gasteiger partial charge < -0.3 is 15.3 Å². The van der Waals surface area contributed by atoms with Crippen LogP contribution in [-0.2, 0) is 10.0 Å². The van der Waals surface area contributed by atoms with E-state index in [1.807, 2.05) is 0 Å². The number of hydrogen-bond donors (Lipinski definition) is 2. The van der Waals surface area contributed by atoms with E-state index in [0.717, 1.165) is 44.0 Å². The smallest absolute Gasteiger partial charge is 0.426 e. The van der Waals surface area contributed by atoms with Crippen molar-refractivity contribution in [1.82, 2.24) is 19.9 Å². The van der Waals surface area contributed by atoms with Crippen molar-refractivity contribution in [2.24, 2.45) is 0 Å². The van der Waals surface area contributed by atoms with Gasteiger partial charge in [0, 0.05) is 36.1 Å². The van der Waals surface area contributed by atoms with Crippen molar-refractivity contribution in [2.45, 2.75) is 49.6 Å². The number of hydrogen-bond acceptors (Lipinski definition) is 8. The number of nitrogens with zero attached hydrogens (tertiary/aromatic N) is 5. The van der Waals surface area contributed by atoms with Gasteiger partial charge in [-0.2, -0.15) is 4.31 Å². The second-order valence-electron chi connectivity index (χ2n) is 10.6. The number of anilines is 2. The minimum atomic E-state index is -4.79. The molecule has 1 aliphatic carbocycles. The van der Waals surface area contributed by atoms with E-state index in [4.69, 9.17) is 0 Å². The van der Waals surface area contributed by atoms with Crippen molar-refractivity contribution in [3.63, 3.8) is 0 Å². The largest absolute Gasteiger partial charge is 0.464 e. The van der Waals surface area contributed by atoms with Gasteiger partial charge in [0.25, 0.3) is 10.0 Å². The summed E-state index contributed by atoms with van der Waals surface area (Å²) in [4.78, 5) is 26.6. The number of carboxylic acid groups (broad SMARTS) is 1. The molecule has 2 aromatic heterocycles. The van der Waals surface area contributed by atoms with Gasteiger partial charge in [-0.1, -0.05) is 6.07 Å². The second-order valence-corrected chi connectivity index (χ2v) is 12.4. The van der Waals surface area contributed by atoms with Crippen LogP contribution < -0.4 is 9.62 Å². The Morgan fingerprint density at radius 1 is 1.02 bits per heavy atom. The second kappa shape index (κ2) is 11.6. The molecule has 0 atom stereocenters. The molecule has 220 valence electrons. The third-order valence-electron chi connectivity index (χ3n) is 7.48. The Kier molecular flexibility index (Phi) is 8.06. The van der Waals surface area contributed by atoms with E-state index < -0.39 is 43.9 Å². The van der Waals surface area contributed by atoms with Crippen LogP contribution in [0.5, 0.6) is 0 Å². The SMILES string of the molecule is Cc1cncc(S(=O)(=O)N(C(=O)O)c2ccc(F)c(-c3ccc4nc(N[C@H]5CC[C@H](N(C)C)CC5)ncc4c3)c2F)c1. The number of pyridine rings is 1. The lowest BCUT2D eigenvalue weighted by atomic mass is 9.91. The summed E-state index contributed by atoms with van der Waals surface area (Å²) in [6.45, 7) is 1.58. The van der Waals surface area contributed by atoms with Crippen molar-refractivity contribution >= 4 is 38.7 Å². The molecular formula is C29H30F2N6O4S. The van der Waals surface area contributed by atoms with Crippen molar-refractivity contribution in [2.75, 3.05) is 23.7 Å². The van der Waals surface area contributed by atoms with Crippen LogP contribution in [0.2, 0.25) is 0 Å². The number of nitrogens with one attached hydrogen (secondary N) is 1. The third kappa shape index (κ3) is 5.74. The molecule has 1 saturated carbocycles. The van der Waals surface area contributed by atoms with Crippen molar-refractivity contribution < 1.29 is 27.1 Å². The first-order valence-electron chi connectivity index (χ1n) is 13.3. The summed E-state index contributed by atoms with van der Waals surface area (Å²) in [6.07, 6.45) is 6.04. The Balaban J connectivity index is 1.46. The Bertz CT molecular complexity index is 1760. The maximum atomic E-state index is 15.9. The number of benzene rings is 2. The fraction of sp³-hybridized carbons (Fsp3) is 0.310. The first-order chi connectivity index (χ1) is 20.0. The molecule has 13 heteroatoms. The summed E-state index contributed by atoms with van der Waals surface area (Å²) in [6, 6.07) is 8.10. The van der Waals surface area contributed by atoms with E-state index in [9.17, 15) is 18.3 Å². The van der Waals surface area contributed by atoms with Crippen molar-refractivity contribution in [3.8, 4) is 11.1 Å². The molecule has 0 saturated heterocycles. The predicted molar refractivity (Wildman–Crippen MR) is 155 cm³/mol. The molecule has 4 aromatic rings. The van der Waals surface area contributed by atoms with Crippen LogP contribution >= 0.6 is 0 Å². The van der Waals surface area contributed by atoms with Gasteiger partial charge in [-0.05, 0) is 88.2 Å². The van der Waals surface area contributed by atoms with Crippen LogP contribution in [0.25, 0.3) is 22.0 Å². The molecule has 1 aliphatic rings. The normalized spacial score (nSPS) is 17.4. The van der Waals surface area contributed by atoms with Crippen LogP contribution in [0.3, 0.4) is 0 Å². The van der Waals surface area contributed by atoms with Gasteiger partial charge in [0.1, 0.15) is 16.4 Å². The molecular weight excluding hydrogens is 566 g/mol. The highest BCUT2D eigenvalue weighted by atomic mass is 32.2. The van der Waals surface area contributed by atoms with Gasteiger partial charge in [-0.3, -0.25) is 4.98 Å². The quantitative estimate of drug-likeness (QED) is 0.287. The van der Waals surface area contributed by atoms with Crippen LogP contribution in [0.15, 0.2) is 59.9 Å². The Hall–Kier alpha value is -4.23. The topological polar surface area (TPSA) is 129 Å². The third-order valence-corrected chi connectivity index (χ3v) is 9.13. The number of rotatable bonds is 7. The molecule has 0 aliphatic heterocycles. The van der Waals surface area contributed by atoms with E-state index in [1.165, 1.54) is 30.6 Å². The zero-order valence-corrected chi connectivity index (χ0v) is 24.1. The van der Waals surface area contributed by atoms with E-state index in [2.05, 4.69) is 39.3 Å². The summed E-state index contributed by atoms with van der Waals surface area (Å²) >= 11 is 0. The van der Waals surface area contributed by atoms with Gasteiger partial charge in [-0.15, -0.1) is 0 Å². The summed E-state index contributed by atoms with van der Waals surface area (Å²) in [7, 11) is -0.622. The van der Waals surface area contributed by atoms with Gasteiger partial charge in [0.15, 0.2) is 5.82 Å². The van der Waals surface area contributed by atoms with Gasteiger partial charge in [0.05, 0.1) is 11.1 Å². The average molecular weight is 597 g/mol. The molecule has 2 heterocycles. The van der Waals surface area contributed by atoms with E-state index in [1.54, 1.807) is 13.0 Å². The summed E-state index contributed by atoms with van der Waals surface area (Å²) in [5.41, 5.74) is -0.379. The number of aryl methyl sites for hydroxylation is 1. The minimum Gasteiger partial charge on any atom is -0.464 e. The first-order valence-corrected chi connectivity index (χ1v) is 14.8. The van der Waals surface area contributed by atoms with Crippen LogP contribution in [0.4, 0.5) is 25.2 Å². The molecule has 42 heavy (non-hydrogen) atoms. The van der Waals surface area contributed by atoms with E-state index >= 15 is 8.78 Å². The van der Waals surface area contributed by atoms with Gasteiger partial charge in [0.2, 0.25) is 5.95 Å². The van der Waals surface area contributed by atoms with Crippen LogP contribution in [0, 0.1) is 18.6 Å². The van der Waals surface area contributed by atoms with E-state index in [0.29, 0.717) is 28.5 Å².